The van der Waals surface area contributed by atoms with Crippen LogP contribution in [-0.4, -0.2) is 40.5 Å². The van der Waals surface area contributed by atoms with Crippen LogP contribution in [0.3, 0.4) is 0 Å². The summed E-state index contributed by atoms with van der Waals surface area (Å²) in [6.45, 7) is 0.752. The molecule has 0 fully saturated rings. The molecular formula is C12H18N6O. The van der Waals surface area contributed by atoms with E-state index in [4.69, 9.17) is 4.74 Å². The Morgan fingerprint density at radius 1 is 1.32 bits per heavy atom. The maximum Gasteiger partial charge on any atom is 0.204 e. The summed E-state index contributed by atoms with van der Waals surface area (Å²) < 4.78 is 7.10. The molecule has 0 amide bonds. The average Bonchev–Trinajstić information content (AvgIpc) is 2.84. The Bertz CT molecular complexity index is 539. The van der Waals surface area contributed by atoms with E-state index in [1.165, 1.54) is 11.9 Å². The van der Waals surface area contributed by atoms with Crippen LogP contribution in [0.4, 0.5) is 11.6 Å². The molecule has 0 aromatic carbocycles. The average molecular weight is 262 g/mol. The first-order valence-corrected chi connectivity index (χ1v) is 6.02. The number of anilines is 2. The highest BCUT2D eigenvalue weighted by Gasteiger charge is 2.10. The molecule has 0 spiro atoms. The number of nitrogens with zero attached hydrogens (tertiary/aromatic N) is 4. The molecule has 2 heterocycles. The second kappa shape index (κ2) is 6.03. The molecule has 0 saturated heterocycles. The van der Waals surface area contributed by atoms with E-state index >= 15 is 0 Å². The highest BCUT2D eigenvalue weighted by atomic mass is 16.5. The van der Waals surface area contributed by atoms with Gasteiger partial charge in [0, 0.05) is 26.8 Å². The van der Waals surface area contributed by atoms with Gasteiger partial charge in [-0.15, -0.1) is 0 Å². The van der Waals surface area contributed by atoms with Crippen LogP contribution < -0.4 is 15.4 Å². The van der Waals surface area contributed by atoms with Crippen molar-refractivity contribution < 1.29 is 4.74 Å². The molecule has 102 valence electrons. The van der Waals surface area contributed by atoms with Crippen molar-refractivity contribution in [2.45, 2.75) is 6.42 Å². The minimum absolute atomic E-state index is 0.621. The van der Waals surface area contributed by atoms with Gasteiger partial charge in [0.05, 0.1) is 13.3 Å². The molecule has 0 aliphatic carbocycles. The predicted molar refractivity (Wildman–Crippen MR) is 73.5 cm³/mol. The lowest BCUT2D eigenvalue weighted by Crippen LogP contribution is -2.09. The zero-order valence-electron chi connectivity index (χ0n) is 11.3. The second-order valence-electron chi connectivity index (χ2n) is 4.05. The van der Waals surface area contributed by atoms with Gasteiger partial charge in [-0.2, -0.15) is 5.10 Å². The van der Waals surface area contributed by atoms with Crippen LogP contribution in [0.2, 0.25) is 0 Å². The van der Waals surface area contributed by atoms with E-state index in [1.54, 1.807) is 18.8 Å². The van der Waals surface area contributed by atoms with Gasteiger partial charge in [0.25, 0.3) is 0 Å². The Morgan fingerprint density at radius 3 is 2.74 bits per heavy atom. The Hall–Kier alpha value is -2.31. The summed E-state index contributed by atoms with van der Waals surface area (Å²) in [5.74, 6) is 1.98. The summed E-state index contributed by atoms with van der Waals surface area (Å²) >= 11 is 0. The Morgan fingerprint density at radius 2 is 2.11 bits per heavy atom. The van der Waals surface area contributed by atoms with Crippen LogP contribution in [0.5, 0.6) is 5.75 Å². The van der Waals surface area contributed by atoms with E-state index in [0.29, 0.717) is 17.4 Å². The standard InChI is InChI=1S/C12H18N6O/c1-13-11-10(19-3)12(16-8-15-11)14-5-4-9-6-17-18(2)7-9/h6-8H,4-5H2,1-3H3,(H2,13,14,15,16). The first-order valence-electron chi connectivity index (χ1n) is 6.02. The fourth-order valence-corrected chi connectivity index (χ4v) is 1.80. The Kier molecular flexibility index (Phi) is 4.17. The molecule has 0 radical (unpaired) electrons. The summed E-state index contributed by atoms with van der Waals surface area (Å²) in [6.07, 6.45) is 6.23. The zero-order chi connectivity index (χ0) is 13.7. The van der Waals surface area contributed by atoms with Crippen molar-refractivity contribution in [3.63, 3.8) is 0 Å². The fourth-order valence-electron chi connectivity index (χ4n) is 1.80. The van der Waals surface area contributed by atoms with Crippen LogP contribution in [0, 0.1) is 0 Å². The molecule has 0 aliphatic heterocycles. The molecule has 0 bridgehead atoms. The summed E-state index contributed by atoms with van der Waals surface area (Å²) in [4.78, 5) is 8.28. The predicted octanol–water partition coefficient (Wildman–Crippen LogP) is 0.915. The summed E-state index contributed by atoms with van der Waals surface area (Å²) in [5, 5.41) is 10.3. The van der Waals surface area contributed by atoms with E-state index in [2.05, 4.69) is 25.7 Å². The van der Waals surface area contributed by atoms with E-state index < -0.39 is 0 Å². The molecule has 0 atom stereocenters. The normalized spacial score (nSPS) is 10.3. The van der Waals surface area contributed by atoms with Gasteiger partial charge in [0.2, 0.25) is 5.75 Å². The first kappa shape index (κ1) is 13.1. The quantitative estimate of drug-likeness (QED) is 0.806. The Balaban J connectivity index is 1.99. The highest BCUT2D eigenvalue weighted by molar-refractivity contribution is 5.63. The third-order valence-corrected chi connectivity index (χ3v) is 2.71. The third kappa shape index (κ3) is 3.12. The maximum atomic E-state index is 5.31. The highest BCUT2D eigenvalue weighted by Crippen LogP contribution is 2.28. The van der Waals surface area contributed by atoms with E-state index in [9.17, 15) is 0 Å². The molecule has 19 heavy (non-hydrogen) atoms. The van der Waals surface area contributed by atoms with Crippen molar-refractivity contribution in [1.29, 1.82) is 0 Å². The lowest BCUT2D eigenvalue weighted by Gasteiger charge is -2.12. The fraction of sp³-hybridized carbons (Fsp3) is 0.417. The van der Waals surface area contributed by atoms with Crippen molar-refractivity contribution in [2.75, 3.05) is 31.3 Å². The SMILES string of the molecule is CNc1ncnc(NCCc2cnn(C)c2)c1OC. The summed E-state index contributed by atoms with van der Waals surface area (Å²) in [5.41, 5.74) is 1.18. The lowest BCUT2D eigenvalue weighted by atomic mass is 10.2. The molecule has 7 nitrogen and oxygen atoms in total. The lowest BCUT2D eigenvalue weighted by molar-refractivity contribution is 0.415. The number of hydrogen-bond acceptors (Lipinski definition) is 6. The largest absolute Gasteiger partial charge is 0.490 e. The number of methoxy groups -OCH3 is 1. The third-order valence-electron chi connectivity index (χ3n) is 2.71. The van der Waals surface area contributed by atoms with Crippen molar-refractivity contribution in [3.05, 3.63) is 24.3 Å². The minimum Gasteiger partial charge on any atom is -0.490 e. The number of aryl methyl sites for hydroxylation is 1. The first-order chi connectivity index (χ1) is 9.24. The van der Waals surface area contributed by atoms with Crippen LogP contribution in [0.15, 0.2) is 18.7 Å². The van der Waals surface area contributed by atoms with E-state index in [-0.39, 0.29) is 0 Å². The zero-order valence-corrected chi connectivity index (χ0v) is 11.3. The molecular weight excluding hydrogens is 244 g/mol. The minimum atomic E-state index is 0.621. The number of nitrogens with one attached hydrogen (secondary N) is 2. The van der Waals surface area contributed by atoms with Crippen LogP contribution in [0.1, 0.15) is 5.56 Å². The van der Waals surface area contributed by atoms with Gasteiger partial charge in [0.1, 0.15) is 6.33 Å². The molecule has 2 aromatic rings. The van der Waals surface area contributed by atoms with Gasteiger partial charge in [-0.25, -0.2) is 9.97 Å². The smallest absolute Gasteiger partial charge is 0.204 e. The maximum absolute atomic E-state index is 5.31. The van der Waals surface area contributed by atoms with Gasteiger partial charge < -0.3 is 15.4 Å². The summed E-state index contributed by atoms with van der Waals surface area (Å²) in [7, 11) is 5.31. The number of ether oxygens (including phenoxy) is 1. The number of hydrogen-bond donors (Lipinski definition) is 2. The summed E-state index contributed by atoms with van der Waals surface area (Å²) in [6, 6.07) is 0. The van der Waals surface area contributed by atoms with Crippen LogP contribution in [-0.2, 0) is 13.5 Å². The van der Waals surface area contributed by atoms with Crippen LogP contribution in [0.25, 0.3) is 0 Å². The number of rotatable bonds is 6. The Labute approximate surface area is 112 Å². The van der Waals surface area contributed by atoms with Crippen molar-refractivity contribution in [3.8, 4) is 5.75 Å². The van der Waals surface area contributed by atoms with Gasteiger partial charge >= 0.3 is 0 Å². The van der Waals surface area contributed by atoms with E-state index in [0.717, 1.165) is 13.0 Å². The van der Waals surface area contributed by atoms with Gasteiger partial charge in [0.15, 0.2) is 11.6 Å². The molecule has 2 aromatic heterocycles. The topological polar surface area (TPSA) is 76.9 Å². The van der Waals surface area contributed by atoms with Gasteiger partial charge in [-0.05, 0) is 12.0 Å². The van der Waals surface area contributed by atoms with Crippen molar-refractivity contribution >= 4 is 11.6 Å². The molecule has 0 unspecified atom stereocenters. The molecule has 0 aliphatic rings. The molecule has 0 saturated carbocycles. The van der Waals surface area contributed by atoms with Crippen molar-refractivity contribution in [1.82, 2.24) is 19.7 Å². The molecule has 2 rings (SSSR count). The van der Waals surface area contributed by atoms with E-state index in [1.807, 2.05) is 19.4 Å². The monoisotopic (exact) mass is 262 g/mol. The number of aromatic nitrogens is 4. The van der Waals surface area contributed by atoms with Crippen molar-refractivity contribution in [2.24, 2.45) is 7.05 Å². The molecule has 7 heteroatoms. The molecule has 2 N–H and O–H groups in total. The van der Waals surface area contributed by atoms with Crippen LogP contribution >= 0.6 is 0 Å². The second-order valence-corrected chi connectivity index (χ2v) is 4.05. The van der Waals surface area contributed by atoms with Gasteiger partial charge in [-0.1, -0.05) is 0 Å². The van der Waals surface area contributed by atoms with Gasteiger partial charge in [-0.3, -0.25) is 4.68 Å².